The zero-order valence-corrected chi connectivity index (χ0v) is 17.1. The van der Waals surface area contributed by atoms with Crippen LogP contribution in [-0.2, 0) is 0 Å². The van der Waals surface area contributed by atoms with Gasteiger partial charge in [0.25, 0.3) is 5.91 Å². The molecule has 0 atom stereocenters. The molecule has 4 rings (SSSR count). The highest BCUT2D eigenvalue weighted by atomic mass is 16.2. The maximum Gasteiger partial charge on any atom is 0.257 e. The van der Waals surface area contributed by atoms with E-state index in [9.17, 15) is 4.79 Å². The van der Waals surface area contributed by atoms with E-state index in [0.717, 1.165) is 50.9 Å². The molecule has 3 heterocycles. The predicted octanol–water partition coefficient (Wildman–Crippen LogP) is 2.96. The lowest BCUT2D eigenvalue weighted by atomic mass is 10.1. The first-order valence-electron chi connectivity index (χ1n) is 10.2. The lowest BCUT2D eigenvalue weighted by Gasteiger charge is -2.37. The Balaban J connectivity index is 1.43. The summed E-state index contributed by atoms with van der Waals surface area (Å²) < 4.78 is 0. The summed E-state index contributed by atoms with van der Waals surface area (Å²) >= 11 is 0. The average Bonchev–Trinajstić information content (AvgIpc) is 3.25. The molecular formula is C22H29N5O. The van der Waals surface area contributed by atoms with Crippen molar-refractivity contribution in [1.82, 2.24) is 14.9 Å². The first-order valence-corrected chi connectivity index (χ1v) is 10.2. The number of piperazine rings is 1. The smallest absolute Gasteiger partial charge is 0.257 e. The summed E-state index contributed by atoms with van der Waals surface area (Å²) in [7, 11) is 0. The van der Waals surface area contributed by atoms with Gasteiger partial charge in [0.15, 0.2) is 0 Å². The normalized spacial score (nSPS) is 17.3. The van der Waals surface area contributed by atoms with E-state index in [0.29, 0.717) is 5.56 Å². The molecule has 2 aromatic rings. The number of carbonyl (C=O) groups excluding carboxylic acids is 1. The fourth-order valence-electron chi connectivity index (χ4n) is 4.13. The summed E-state index contributed by atoms with van der Waals surface area (Å²) in [4.78, 5) is 28.6. The first kappa shape index (κ1) is 18.7. The second-order valence-corrected chi connectivity index (χ2v) is 7.86. The van der Waals surface area contributed by atoms with Crippen molar-refractivity contribution < 1.29 is 4.79 Å². The Morgan fingerprint density at radius 2 is 1.64 bits per heavy atom. The largest absolute Gasteiger partial charge is 0.368 e. The van der Waals surface area contributed by atoms with E-state index in [1.165, 1.54) is 29.7 Å². The van der Waals surface area contributed by atoms with Crippen LogP contribution < -0.4 is 9.80 Å². The van der Waals surface area contributed by atoms with Crippen LogP contribution in [0.4, 0.5) is 11.6 Å². The van der Waals surface area contributed by atoms with Crippen LogP contribution in [0.3, 0.4) is 0 Å². The fourth-order valence-corrected chi connectivity index (χ4v) is 4.13. The van der Waals surface area contributed by atoms with Crippen LogP contribution in [0.25, 0.3) is 0 Å². The number of anilines is 2. The number of amides is 1. The predicted molar refractivity (Wildman–Crippen MR) is 112 cm³/mol. The maximum absolute atomic E-state index is 13.0. The maximum atomic E-state index is 13.0. The van der Waals surface area contributed by atoms with Gasteiger partial charge < -0.3 is 14.7 Å². The zero-order chi connectivity index (χ0) is 19.7. The molecule has 2 saturated heterocycles. The van der Waals surface area contributed by atoms with Crippen LogP contribution in [0.1, 0.15) is 40.0 Å². The SMILES string of the molecule is Cc1cccc(N2CCN(C(=O)c3cnc(N4CCCC4)nc3C)CC2)c1C. The van der Waals surface area contributed by atoms with E-state index in [-0.39, 0.29) is 5.91 Å². The lowest BCUT2D eigenvalue weighted by molar-refractivity contribution is 0.0745. The lowest BCUT2D eigenvalue weighted by Crippen LogP contribution is -2.49. The topological polar surface area (TPSA) is 52.6 Å². The molecule has 2 aliphatic heterocycles. The highest BCUT2D eigenvalue weighted by Gasteiger charge is 2.25. The highest BCUT2D eigenvalue weighted by molar-refractivity contribution is 5.95. The van der Waals surface area contributed by atoms with E-state index >= 15 is 0 Å². The third kappa shape index (κ3) is 3.55. The van der Waals surface area contributed by atoms with E-state index in [1.807, 2.05) is 11.8 Å². The standard InChI is InChI=1S/C22H29N5O/c1-16-7-6-8-20(17(16)2)25-11-13-26(14-12-25)21(28)19-15-23-22(24-18(19)3)27-9-4-5-10-27/h6-8,15H,4-5,9-14H2,1-3H3. The Labute approximate surface area is 167 Å². The van der Waals surface area contributed by atoms with Gasteiger partial charge in [-0.25, -0.2) is 9.97 Å². The van der Waals surface area contributed by atoms with E-state index in [2.05, 4.69) is 51.8 Å². The summed E-state index contributed by atoms with van der Waals surface area (Å²) in [6, 6.07) is 6.43. The van der Waals surface area contributed by atoms with Gasteiger partial charge in [-0.05, 0) is 50.8 Å². The molecular weight excluding hydrogens is 350 g/mol. The van der Waals surface area contributed by atoms with Crippen molar-refractivity contribution in [2.75, 3.05) is 49.1 Å². The number of rotatable bonds is 3. The van der Waals surface area contributed by atoms with Crippen molar-refractivity contribution >= 4 is 17.5 Å². The second-order valence-electron chi connectivity index (χ2n) is 7.86. The Hall–Kier alpha value is -2.63. The van der Waals surface area contributed by atoms with E-state index < -0.39 is 0 Å². The quantitative estimate of drug-likeness (QED) is 0.821. The minimum atomic E-state index is 0.0473. The van der Waals surface area contributed by atoms with Gasteiger partial charge in [0.05, 0.1) is 11.3 Å². The van der Waals surface area contributed by atoms with Gasteiger partial charge in [-0.2, -0.15) is 0 Å². The molecule has 0 spiro atoms. The monoisotopic (exact) mass is 379 g/mol. The molecule has 2 aliphatic rings. The number of benzene rings is 1. The van der Waals surface area contributed by atoms with Gasteiger partial charge in [0.1, 0.15) is 0 Å². The summed E-state index contributed by atoms with van der Waals surface area (Å²) in [5.41, 5.74) is 5.31. The third-order valence-electron chi connectivity index (χ3n) is 6.07. The molecule has 2 fully saturated rings. The van der Waals surface area contributed by atoms with Gasteiger partial charge >= 0.3 is 0 Å². The molecule has 0 aliphatic carbocycles. The Morgan fingerprint density at radius 1 is 0.929 bits per heavy atom. The molecule has 6 heteroatoms. The molecule has 1 amide bonds. The van der Waals surface area contributed by atoms with Gasteiger partial charge in [-0.1, -0.05) is 12.1 Å². The number of nitrogens with zero attached hydrogens (tertiary/aromatic N) is 5. The van der Waals surface area contributed by atoms with E-state index in [4.69, 9.17) is 0 Å². The van der Waals surface area contributed by atoms with Crippen molar-refractivity contribution in [2.24, 2.45) is 0 Å². The summed E-state index contributed by atoms with van der Waals surface area (Å²) in [5, 5.41) is 0. The number of hydrogen-bond acceptors (Lipinski definition) is 5. The molecule has 1 aromatic carbocycles. The Kier molecular flexibility index (Phi) is 5.20. The van der Waals surface area contributed by atoms with Crippen molar-refractivity contribution in [3.05, 3.63) is 46.8 Å². The van der Waals surface area contributed by atoms with Crippen molar-refractivity contribution in [2.45, 2.75) is 33.6 Å². The van der Waals surface area contributed by atoms with Crippen LogP contribution in [0.5, 0.6) is 0 Å². The first-order chi connectivity index (χ1) is 13.5. The number of hydrogen-bond donors (Lipinski definition) is 0. The van der Waals surface area contributed by atoms with Crippen molar-refractivity contribution in [3.63, 3.8) is 0 Å². The van der Waals surface area contributed by atoms with Crippen LogP contribution in [0, 0.1) is 20.8 Å². The second kappa shape index (κ2) is 7.78. The molecule has 0 unspecified atom stereocenters. The van der Waals surface area contributed by atoms with Crippen LogP contribution in [0.2, 0.25) is 0 Å². The van der Waals surface area contributed by atoms with Crippen LogP contribution in [-0.4, -0.2) is 60.0 Å². The van der Waals surface area contributed by atoms with Gasteiger partial charge in [0.2, 0.25) is 5.95 Å². The van der Waals surface area contributed by atoms with Crippen LogP contribution in [0.15, 0.2) is 24.4 Å². The number of aromatic nitrogens is 2. The molecule has 1 aromatic heterocycles. The molecule has 0 N–H and O–H groups in total. The molecule has 6 nitrogen and oxygen atoms in total. The minimum absolute atomic E-state index is 0.0473. The van der Waals surface area contributed by atoms with Crippen molar-refractivity contribution in [3.8, 4) is 0 Å². The Morgan fingerprint density at radius 3 is 2.32 bits per heavy atom. The molecule has 0 saturated carbocycles. The molecule has 0 bridgehead atoms. The third-order valence-corrected chi connectivity index (χ3v) is 6.07. The molecule has 0 radical (unpaired) electrons. The summed E-state index contributed by atoms with van der Waals surface area (Å²) in [5.74, 6) is 0.803. The highest BCUT2D eigenvalue weighted by Crippen LogP contribution is 2.24. The average molecular weight is 380 g/mol. The molecule has 148 valence electrons. The van der Waals surface area contributed by atoms with E-state index in [1.54, 1.807) is 6.20 Å². The van der Waals surface area contributed by atoms with Gasteiger partial charge in [0, 0.05) is 51.2 Å². The zero-order valence-electron chi connectivity index (χ0n) is 17.1. The number of carbonyl (C=O) groups is 1. The fraction of sp³-hybridized carbons (Fsp3) is 0.500. The summed E-state index contributed by atoms with van der Waals surface area (Å²) in [6.07, 6.45) is 4.09. The van der Waals surface area contributed by atoms with Gasteiger partial charge in [-0.3, -0.25) is 4.79 Å². The number of aryl methyl sites for hydroxylation is 2. The van der Waals surface area contributed by atoms with Gasteiger partial charge in [-0.15, -0.1) is 0 Å². The summed E-state index contributed by atoms with van der Waals surface area (Å²) in [6.45, 7) is 11.4. The van der Waals surface area contributed by atoms with Crippen molar-refractivity contribution in [1.29, 1.82) is 0 Å². The molecule has 28 heavy (non-hydrogen) atoms. The Bertz CT molecular complexity index is 867. The minimum Gasteiger partial charge on any atom is -0.368 e. The van der Waals surface area contributed by atoms with Crippen LogP contribution >= 0.6 is 0 Å².